The number of ether oxygens (including phenoxy) is 3. The minimum Gasteiger partial charge on any atom is -0.486 e. The first kappa shape index (κ1) is 21.3. The number of para-hydroxylation sites is 2. The average Bonchev–Trinajstić information content (AvgIpc) is 3.47. The second-order valence-corrected chi connectivity index (χ2v) is 8.54. The topological polar surface area (TPSA) is 74.6 Å². The van der Waals surface area contributed by atoms with Crippen molar-refractivity contribution in [2.75, 3.05) is 12.1 Å². The number of benzene rings is 4. The van der Waals surface area contributed by atoms with Crippen molar-refractivity contribution < 1.29 is 19.0 Å². The highest BCUT2D eigenvalue weighted by atomic mass is 35.5. The lowest BCUT2D eigenvalue weighted by Crippen LogP contribution is -2.21. The van der Waals surface area contributed by atoms with Gasteiger partial charge in [-0.3, -0.25) is 4.79 Å². The first-order valence-corrected chi connectivity index (χ1v) is 11.5. The van der Waals surface area contributed by atoms with Crippen LogP contribution in [0.2, 0.25) is 5.02 Å². The van der Waals surface area contributed by atoms with Crippen LogP contribution in [0.25, 0.3) is 21.8 Å². The highest BCUT2D eigenvalue weighted by Gasteiger charge is 2.19. The van der Waals surface area contributed by atoms with E-state index in [1.165, 1.54) is 0 Å². The van der Waals surface area contributed by atoms with Gasteiger partial charge in [-0.25, -0.2) is 4.98 Å². The summed E-state index contributed by atoms with van der Waals surface area (Å²) in [5, 5.41) is 5.48. The summed E-state index contributed by atoms with van der Waals surface area (Å²) in [5.74, 6) is 2.23. The highest BCUT2D eigenvalue weighted by molar-refractivity contribution is 6.34. The van der Waals surface area contributed by atoms with E-state index in [-0.39, 0.29) is 25.9 Å². The maximum absolute atomic E-state index is 13.0. The summed E-state index contributed by atoms with van der Waals surface area (Å²) < 4.78 is 18.7. The number of rotatable bonds is 6. The number of halogens is 1. The Bertz CT molecular complexity index is 1580. The number of nitrogens with one attached hydrogen (secondary N) is 1. The summed E-state index contributed by atoms with van der Waals surface area (Å²) >= 11 is 6.33. The quantitative estimate of drug-likeness (QED) is 0.329. The van der Waals surface area contributed by atoms with Crippen molar-refractivity contribution in [3.8, 4) is 17.2 Å². The van der Waals surface area contributed by atoms with Crippen LogP contribution in [-0.2, 0) is 17.9 Å². The molecule has 8 heteroatoms. The van der Waals surface area contributed by atoms with E-state index in [1.807, 2.05) is 65.2 Å². The van der Waals surface area contributed by atoms with Gasteiger partial charge in [0.1, 0.15) is 24.7 Å². The Morgan fingerprint density at radius 1 is 0.971 bits per heavy atom. The summed E-state index contributed by atoms with van der Waals surface area (Å²) in [5.41, 5.74) is 2.09. The van der Waals surface area contributed by atoms with Crippen LogP contribution in [-0.4, -0.2) is 22.3 Å². The molecule has 1 aliphatic rings. The predicted molar refractivity (Wildman–Crippen MR) is 134 cm³/mol. The van der Waals surface area contributed by atoms with Crippen LogP contribution in [0.3, 0.4) is 0 Å². The lowest BCUT2D eigenvalue weighted by atomic mass is 10.1. The Labute approximate surface area is 205 Å². The van der Waals surface area contributed by atoms with Crippen molar-refractivity contribution >= 4 is 45.0 Å². The number of hydrogen-bond donors (Lipinski definition) is 1. The van der Waals surface area contributed by atoms with E-state index >= 15 is 0 Å². The molecule has 1 amide bonds. The summed E-state index contributed by atoms with van der Waals surface area (Å²) in [6, 6.07) is 25.0. The average molecular weight is 486 g/mol. The standard InChI is InChI=1S/C27H20ClN3O4/c28-20-12-24-25(35-16-34-24)13-22(20)30-27(32)14-31-23-8-4-3-7-21(23)29-26(31)15-33-19-10-9-17-5-1-2-6-18(17)11-19/h1-13H,14-16H2,(H,30,32). The predicted octanol–water partition coefficient (Wildman–Crippen LogP) is 5.79. The molecule has 0 bridgehead atoms. The van der Waals surface area contributed by atoms with E-state index in [0.29, 0.717) is 28.0 Å². The van der Waals surface area contributed by atoms with Crippen LogP contribution in [0.1, 0.15) is 5.82 Å². The van der Waals surface area contributed by atoms with Gasteiger partial charge in [0.05, 0.1) is 21.7 Å². The molecule has 0 atom stereocenters. The Balaban J connectivity index is 1.24. The number of anilines is 1. The minimum absolute atomic E-state index is 0.0434. The minimum atomic E-state index is -0.249. The van der Waals surface area contributed by atoms with Crippen molar-refractivity contribution in [3.63, 3.8) is 0 Å². The molecule has 0 radical (unpaired) electrons. The molecule has 2 heterocycles. The second kappa shape index (κ2) is 8.85. The Morgan fingerprint density at radius 3 is 2.63 bits per heavy atom. The van der Waals surface area contributed by atoms with Gasteiger partial charge in [0.2, 0.25) is 12.7 Å². The number of hydrogen-bond acceptors (Lipinski definition) is 5. The molecule has 1 aliphatic heterocycles. The number of imidazole rings is 1. The molecular weight excluding hydrogens is 466 g/mol. The number of amides is 1. The second-order valence-electron chi connectivity index (χ2n) is 8.13. The van der Waals surface area contributed by atoms with Crippen LogP contribution in [0.15, 0.2) is 78.9 Å². The highest BCUT2D eigenvalue weighted by Crippen LogP contribution is 2.39. The third kappa shape index (κ3) is 4.22. The summed E-state index contributed by atoms with van der Waals surface area (Å²) in [4.78, 5) is 17.7. The SMILES string of the molecule is O=C(Cn1c(COc2ccc3ccccc3c2)nc2ccccc21)Nc1cc2c(cc1Cl)OCO2. The van der Waals surface area contributed by atoms with E-state index in [9.17, 15) is 4.79 Å². The molecule has 6 rings (SSSR count). The van der Waals surface area contributed by atoms with E-state index in [0.717, 1.165) is 27.6 Å². The maximum Gasteiger partial charge on any atom is 0.244 e. The fraction of sp³-hybridized carbons (Fsp3) is 0.111. The van der Waals surface area contributed by atoms with Crippen molar-refractivity contribution in [1.29, 1.82) is 0 Å². The molecule has 0 aliphatic carbocycles. The molecule has 0 unspecified atom stereocenters. The molecule has 0 saturated carbocycles. The number of carbonyl (C=O) groups is 1. The zero-order chi connectivity index (χ0) is 23.8. The number of carbonyl (C=O) groups excluding carboxylic acids is 1. The molecule has 4 aromatic carbocycles. The van der Waals surface area contributed by atoms with E-state index in [2.05, 4.69) is 11.4 Å². The molecule has 0 spiro atoms. The summed E-state index contributed by atoms with van der Waals surface area (Å²) in [6.45, 7) is 0.386. The third-order valence-electron chi connectivity index (χ3n) is 5.86. The maximum atomic E-state index is 13.0. The van der Waals surface area contributed by atoms with Crippen LogP contribution >= 0.6 is 11.6 Å². The first-order valence-electron chi connectivity index (χ1n) is 11.1. The number of aromatic nitrogens is 2. The van der Waals surface area contributed by atoms with Gasteiger partial charge in [-0.1, -0.05) is 54.1 Å². The number of nitrogens with zero attached hydrogens (tertiary/aromatic N) is 2. The van der Waals surface area contributed by atoms with Crippen LogP contribution in [0.5, 0.6) is 17.2 Å². The van der Waals surface area contributed by atoms with Gasteiger partial charge in [0.15, 0.2) is 11.5 Å². The van der Waals surface area contributed by atoms with Gasteiger partial charge in [-0.05, 0) is 35.0 Å². The lowest BCUT2D eigenvalue weighted by molar-refractivity contribution is -0.116. The molecule has 7 nitrogen and oxygen atoms in total. The van der Waals surface area contributed by atoms with Crippen molar-refractivity contribution in [2.45, 2.75) is 13.2 Å². The fourth-order valence-electron chi connectivity index (χ4n) is 4.16. The molecule has 5 aromatic rings. The molecule has 1 N–H and O–H groups in total. The molecule has 0 fully saturated rings. The van der Waals surface area contributed by atoms with Gasteiger partial charge < -0.3 is 24.1 Å². The Morgan fingerprint density at radius 2 is 1.74 bits per heavy atom. The molecular formula is C27H20ClN3O4. The lowest BCUT2D eigenvalue weighted by Gasteiger charge is -2.12. The molecule has 174 valence electrons. The normalized spacial score (nSPS) is 12.3. The van der Waals surface area contributed by atoms with E-state index in [4.69, 9.17) is 30.8 Å². The van der Waals surface area contributed by atoms with Gasteiger partial charge in [-0.2, -0.15) is 0 Å². The summed E-state index contributed by atoms with van der Waals surface area (Å²) in [6.07, 6.45) is 0. The summed E-state index contributed by atoms with van der Waals surface area (Å²) in [7, 11) is 0. The van der Waals surface area contributed by atoms with Gasteiger partial charge in [0, 0.05) is 12.1 Å². The fourth-order valence-corrected chi connectivity index (χ4v) is 4.36. The monoisotopic (exact) mass is 485 g/mol. The van der Waals surface area contributed by atoms with Crippen LogP contribution in [0.4, 0.5) is 5.69 Å². The van der Waals surface area contributed by atoms with Crippen molar-refractivity contribution in [1.82, 2.24) is 9.55 Å². The zero-order valence-corrected chi connectivity index (χ0v) is 19.3. The largest absolute Gasteiger partial charge is 0.486 e. The van der Waals surface area contributed by atoms with Gasteiger partial charge >= 0.3 is 0 Å². The van der Waals surface area contributed by atoms with E-state index < -0.39 is 0 Å². The zero-order valence-electron chi connectivity index (χ0n) is 18.5. The van der Waals surface area contributed by atoms with Crippen molar-refractivity contribution in [3.05, 3.63) is 89.7 Å². The molecule has 0 saturated heterocycles. The Kier molecular flexibility index (Phi) is 5.39. The third-order valence-corrected chi connectivity index (χ3v) is 6.17. The van der Waals surface area contributed by atoms with Crippen LogP contribution in [0, 0.1) is 0 Å². The molecule has 35 heavy (non-hydrogen) atoms. The van der Waals surface area contributed by atoms with E-state index in [1.54, 1.807) is 12.1 Å². The van der Waals surface area contributed by atoms with Crippen LogP contribution < -0.4 is 19.5 Å². The smallest absolute Gasteiger partial charge is 0.244 e. The molecule has 1 aromatic heterocycles. The van der Waals surface area contributed by atoms with Crippen molar-refractivity contribution in [2.24, 2.45) is 0 Å². The van der Waals surface area contributed by atoms with Gasteiger partial charge in [-0.15, -0.1) is 0 Å². The Hall–Kier alpha value is -4.23. The first-order chi connectivity index (χ1) is 17.1. The van der Waals surface area contributed by atoms with Gasteiger partial charge in [0.25, 0.3) is 0 Å². The number of fused-ring (bicyclic) bond motifs is 3.